The molecule has 0 bridgehead atoms. The summed E-state index contributed by atoms with van der Waals surface area (Å²) in [5, 5.41) is 3.52. The Morgan fingerprint density at radius 2 is 2.05 bits per heavy atom. The molecule has 0 amide bonds. The third-order valence-electron chi connectivity index (χ3n) is 4.77. The van der Waals surface area contributed by atoms with Crippen LogP contribution in [-0.4, -0.2) is 22.1 Å². The number of benzene rings is 1. The van der Waals surface area contributed by atoms with Gasteiger partial charge in [-0.05, 0) is 38.1 Å². The van der Waals surface area contributed by atoms with Gasteiger partial charge in [0.1, 0.15) is 11.6 Å². The average Bonchev–Trinajstić information content (AvgIpc) is 2.76. The van der Waals surface area contributed by atoms with Crippen molar-refractivity contribution in [3.63, 3.8) is 0 Å². The number of aryl methyl sites for hydroxylation is 1. The van der Waals surface area contributed by atoms with Crippen molar-refractivity contribution >= 4 is 11.0 Å². The van der Waals surface area contributed by atoms with Gasteiger partial charge in [-0.1, -0.05) is 19.3 Å². The summed E-state index contributed by atoms with van der Waals surface area (Å²) >= 11 is 0. The first-order chi connectivity index (χ1) is 9.63. The molecule has 4 heteroatoms. The number of likely N-dealkylation sites (N-methyl/N-ethyl adjacent to an activating group) is 1. The molecule has 108 valence electrons. The van der Waals surface area contributed by atoms with E-state index in [1.54, 1.807) is 12.1 Å². The van der Waals surface area contributed by atoms with E-state index in [-0.39, 0.29) is 11.4 Å². The summed E-state index contributed by atoms with van der Waals surface area (Å²) < 4.78 is 15.4. The average molecular weight is 275 g/mol. The second kappa shape index (κ2) is 5.17. The van der Waals surface area contributed by atoms with Crippen molar-refractivity contribution in [1.82, 2.24) is 14.9 Å². The largest absolute Gasteiger partial charge is 0.331 e. The van der Waals surface area contributed by atoms with E-state index >= 15 is 0 Å². The second-order valence-electron chi connectivity index (χ2n) is 5.99. The molecule has 3 nitrogen and oxygen atoms in total. The molecule has 20 heavy (non-hydrogen) atoms. The van der Waals surface area contributed by atoms with Crippen molar-refractivity contribution in [3.05, 3.63) is 29.8 Å². The highest BCUT2D eigenvalue weighted by molar-refractivity contribution is 5.76. The van der Waals surface area contributed by atoms with Crippen LogP contribution in [0.5, 0.6) is 0 Å². The first kappa shape index (κ1) is 13.6. The Balaban J connectivity index is 1.95. The monoisotopic (exact) mass is 275 g/mol. The van der Waals surface area contributed by atoms with Gasteiger partial charge in [-0.3, -0.25) is 0 Å². The van der Waals surface area contributed by atoms with Gasteiger partial charge in [-0.15, -0.1) is 0 Å². The zero-order valence-corrected chi connectivity index (χ0v) is 12.2. The molecular weight excluding hydrogens is 253 g/mol. The number of nitrogens with one attached hydrogen (secondary N) is 1. The van der Waals surface area contributed by atoms with Crippen LogP contribution in [0.4, 0.5) is 4.39 Å². The van der Waals surface area contributed by atoms with Gasteiger partial charge in [0.25, 0.3) is 0 Å². The maximum absolute atomic E-state index is 13.4. The van der Waals surface area contributed by atoms with E-state index < -0.39 is 0 Å². The lowest BCUT2D eigenvalue weighted by molar-refractivity contribution is 0.240. The summed E-state index contributed by atoms with van der Waals surface area (Å²) in [5.74, 6) is 0.842. The fourth-order valence-corrected chi connectivity index (χ4v) is 3.42. The molecule has 1 aliphatic rings. The molecule has 1 fully saturated rings. The topological polar surface area (TPSA) is 29.9 Å². The van der Waals surface area contributed by atoms with Gasteiger partial charge in [0, 0.05) is 19.0 Å². The summed E-state index contributed by atoms with van der Waals surface area (Å²) in [5.41, 5.74) is 1.92. The van der Waals surface area contributed by atoms with Gasteiger partial charge in [-0.25, -0.2) is 9.37 Å². The van der Waals surface area contributed by atoms with Gasteiger partial charge in [0.05, 0.1) is 11.0 Å². The predicted molar refractivity (Wildman–Crippen MR) is 79.3 cm³/mol. The van der Waals surface area contributed by atoms with Gasteiger partial charge in [0.15, 0.2) is 0 Å². The molecule has 1 saturated carbocycles. The van der Waals surface area contributed by atoms with E-state index in [0.717, 1.165) is 23.3 Å². The van der Waals surface area contributed by atoms with Crippen molar-refractivity contribution in [2.24, 2.45) is 7.05 Å². The van der Waals surface area contributed by atoms with E-state index in [0.29, 0.717) is 0 Å². The maximum Gasteiger partial charge on any atom is 0.125 e. The van der Waals surface area contributed by atoms with E-state index in [4.69, 9.17) is 4.98 Å². The normalized spacial score (nSPS) is 18.6. The molecule has 1 N–H and O–H groups in total. The first-order valence-electron chi connectivity index (χ1n) is 7.43. The van der Waals surface area contributed by atoms with Gasteiger partial charge in [0.2, 0.25) is 0 Å². The summed E-state index contributed by atoms with van der Waals surface area (Å²) in [6, 6.07) is 4.81. The minimum atomic E-state index is -0.201. The zero-order chi connectivity index (χ0) is 14.2. The molecule has 0 unspecified atom stereocenters. The number of nitrogens with zero attached hydrogens (tertiary/aromatic N) is 2. The third-order valence-corrected chi connectivity index (χ3v) is 4.77. The Hall–Kier alpha value is -1.42. The maximum atomic E-state index is 13.4. The molecule has 2 aromatic rings. The van der Waals surface area contributed by atoms with Crippen molar-refractivity contribution < 1.29 is 4.39 Å². The number of hydrogen-bond acceptors (Lipinski definition) is 2. The smallest absolute Gasteiger partial charge is 0.125 e. The van der Waals surface area contributed by atoms with E-state index in [2.05, 4.69) is 5.32 Å². The first-order valence-corrected chi connectivity index (χ1v) is 7.43. The molecular formula is C16H22FN3. The molecule has 0 saturated heterocycles. The van der Waals surface area contributed by atoms with Crippen LogP contribution < -0.4 is 5.32 Å². The molecule has 0 aliphatic heterocycles. The molecule has 0 atom stereocenters. The van der Waals surface area contributed by atoms with Crippen LogP contribution in [0.2, 0.25) is 0 Å². The van der Waals surface area contributed by atoms with Crippen LogP contribution in [0.1, 0.15) is 37.9 Å². The number of fused-ring (bicyclic) bond motifs is 1. The highest BCUT2D eigenvalue weighted by Crippen LogP contribution is 2.31. The van der Waals surface area contributed by atoms with Crippen LogP contribution in [0.25, 0.3) is 11.0 Å². The van der Waals surface area contributed by atoms with Crippen LogP contribution in [0, 0.1) is 5.82 Å². The molecule has 0 radical (unpaired) electrons. The Bertz CT molecular complexity index is 611. The molecule has 1 heterocycles. The minimum absolute atomic E-state index is 0.159. The predicted octanol–water partition coefficient (Wildman–Crippen LogP) is 3.18. The number of rotatable bonds is 3. The van der Waals surface area contributed by atoms with Gasteiger partial charge < -0.3 is 9.88 Å². The fourth-order valence-electron chi connectivity index (χ4n) is 3.42. The zero-order valence-electron chi connectivity index (χ0n) is 12.2. The number of imidazole rings is 1. The van der Waals surface area contributed by atoms with Crippen molar-refractivity contribution in [3.8, 4) is 0 Å². The number of aromatic nitrogens is 2. The highest BCUT2D eigenvalue weighted by atomic mass is 19.1. The molecule has 1 aromatic heterocycles. The van der Waals surface area contributed by atoms with Gasteiger partial charge in [-0.2, -0.15) is 0 Å². The van der Waals surface area contributed by atoms with Crippen LogP contribution >= 0.6 is 0 Å². The Kier molecular flexibility index (Phi) is 3.50. The van der Waals surface area contributed by atoms with E-state index in [1.165, 1.54) is 38.2 Å². The van der Waals surface area contributed by atoms with Crippen molar-refractivity contribution in [1.29, 1.82) is 0 Å². The molecule has 1 aromatic carbocycles. The quantitative estimate of drug-likeness (QED) is 0.932. The summed E-state index contributed by atoms with van der Waals surface area (Å²) in [6.07, 6.45) is 7.19. The molecule has 0 spiro atoms. The number of hydrogen-bond donors (Lipinski definition) is 1. The third kappa shape index (κ3) is 2.33. The van der Waals surface area contributed by atoms with Crippen molar-refractivity contribution in [2.45, 2.75) is 44.1 Å². The fraction of sp³-hybridized carbons (Fsp3) is 0.562. The molecule has 3 rings (SSSR count). The summed E-state index contributed by atoms with van der Waals surface area (Å²) in [4.78, 5) is 4.70. The Morgan fingerprint density at radius 1 is 1.30 bits per heavy atom. The lowest BCUT2D eigenvalue weighted by Crippen LogP contribution is -2.47. The lowest BCUT2D eigenvalue weighted by Gasteiger charge is -2.37. The standard InChI is InChI=1S/C16H22FN3/c1-18-16(8-4-3-5-9-16)11-15-19-13-7-6-12(17)10-14(13)20(15)2/h6-7,10,18H,3-5,8-9,11H2,1-2H3. The number of halogens is 1. The summed E-state index contributed by atoms with van der Waals surface area (Å²) in [6.45, 7) is 0. The SMILES string of the molecule is CNC1(Cc2nc3ccc(F)cc3n2C)CCCCC1. The van der Waals surface area contributed by atoms with Crippen LogP contribution in [0.15, 0.2) is 18.2 Å². The second-order valence-corrected chi connectivity index (χ2v) is 5.99. The highest BCUT2D eigenvalue weighted by Gasteiger charge is 2.32. The Morgan fingerprint density at radius 3 is 2.75 bits per heavy atom. The van der Waals surface area contributed by atoms with Gasteiger partial charge >= 0.3 is 0 Å². The van der Waals surface area contributed by atoms with E-state index in [9.17, 15) is 4.39 Å². The minimum Gasteiger partial charge on any atom is -0.331 e. The lowest BCUT2D eigenvalue weighted by atomic mass is 9.79. The van der Waals surface area contributed by atoms with Crippen LogP contribution in [0.3, 0.4) is 0 Å². The van der Waals surface area contributed by atoms with Crippen LogP contribution in [-0.2, 0) is 13.5 Å². The van der Waals surface area contributed by atoms with E-state index in [1.807, 2.05) is 18.7 Å². The summed E-state index contributed by atoms with van der Waals surface area (Å²) in [7, 11) is 4.03. The Labute approximate surface area is 119 Å². The van der Waals surface area contributed by atoms with Crippen molar-refractivity contribution in [2.75, 3.05) is 7.05 Å². The molecule has 1 aliphatic carbocycles.